The molecule has 1 fully saturated rings. The summed E-state index contributed by atoms with van der Waals surface area (Å²) in [5.74, 6) is -0.585. The van der Waals surface area contributed by atoms with Crippen molar-refractivity contribution in [1.29, 1.82) is 0 Å². The fraction of sp³-hybridized carbons (Fsp3) is 0.323. The smallest absolute Gasteiger partial charge is 0.300 e. The van der Waals surface area contributed by atoms with E-state index in [0.717, 1.165) is 16.9 Å². The molecule has 1 aromatic heterocycles. The number of rotatable bonds is 6. The van der Waals surface area contributed by atoms with Crippen LogP contribution in [0.3, 0.4) is 0 Å². The Bertz CT molecular complexity index is 1340. The van der Waals surface area contributed by atoms with Crippen LogP contribution in [0, 0.1) is 0 Å². The minimum atomic E-state index is -0.816. The molecule has 1 N–H and O–H groups in total. The molecule has 1 saturated heterocycles. The fourth-order valence-electron chi connectivity index (χ4n) is 4.67. The van der Waals surface area contributed by atoms with Gasteiger partial charge in [0, 0.05) is 29.2 Å². The summed E-state index contributed by atoms with van der Waals surface area (Å²) < 4.78 is 5.82. The number of aliphatic hydroxyl groups excluding tert-OH is 1. The van der Waals surface area contributed by atoms with Crippen LogP contribution in [0.15, 0.2) is 72.6 Å². The number of anilines is 1. The van der Waals surface area contributed by atoms with Gasteiger partial charge in [0.2, 0.25) is 0 Å². The minimum absolute atomic E-state index is 0.0370. The molecule has 1 aliphatic rings. The summed E-state index contributed by atoms with van der Waals surface area (Å²) in [4.78, 5) is 32.5. The molecule has 3 aromatic rings. The first-order valence-electron chi connectivity index (χ1n) is 12.6. The quantitative estimate of drug-likeness (QED) is 0.238. The second-order valence-electron chi connectivity index (χ2n) is 10.6. The van der Waals surface area contributed by atoms with E-state index in [-0.39, 0.29) is 16.7 Å². The number of Topliss-reactive ketones (excluding diaryl/α,β-unsaturated/α-hetero) is 1. The lowest BCUT2D eigenvalue weighted by atomic mass is 9.84. The fourth-order valence-corrected chi connectivity index (χ4v) is 4.67. The normalized spacial score (nSPS) is 17.5. The van der Waals surface area contributed by atoms with Gasteiger partial charge in [0.15, 0.2) is 0 Å². The van der Waals surface area contributed by atoms with Crippen LogP contribution in [0.5, 0.6) is 5.75 Å². The molecule has 6 heteroatoms. The predicted molar refractivity (Wildman–Crippen MR) is 146 cm³/mol. The van der Waals surface area contributed by atoms with E-state index in [1.165, 1.54) is 4.90 Å². The van der Waals surface area contributed by atoms with E-state index >= 15 is 0 Å². The van der Waals surface area contributed by atoms with Crippen LogP contribution in [0.25, 0.3) is 5.76 Å². The highest BCUT2D eigenvalue weighted by atomic mass is 16.5. The molecular weight excluding hydrogens is 464 g/mol. The van der Waals surface area contributed by atoms with Gasteiger partial charge >= 0.3 is 0 Å². The lowest BCUT2D eigenvalue weighted by Gasteiger charge is -2.26. The number of carbonyl (C=O) groups excluding carboxylic acids is 2. The van der Waals surface area contributed by atoms with Gasteiger partial charge in [0.25, 0.3) is 11.7 Å². The van der Waals surface area contributed by atoms with Crippen molar-refractivity contribution < 1.29 is 19.4 Å². The second-order valence-corrected chi connectivity index (χ2v) is 10.6. The zero-order chi connectivity index (χ0) is 26.9. The SMILES string of the molecule is CCOc1ccc(/C(O)=C2/C(=O)C(=O)N(c3ccc(C(C)C)cc3)C2c2cccnc2)cc1C(C)(C)C. The number of aliphatic hydroxyl groups is 1. The zero-order valence-corrected chi connectivity index (χ0v) is 22.3. The molecule has 0 spiro atoms. The van der Waals surface area contributed by atoms with Crippen molar-refractivity contribution in [1.82, 2.24) is 4.98 Å². The van der Waals surface area contributed by atoms with Crippen LogP contribution >= 0.6 is 0 Å². The van der Waals surface area contributed by atoms with Crippen molar-refractivity contribution in [3.63, 3.8) is 0 Å². The van der Waals surface area contributed by atoms with Crippen molar-refractivity contribution in [3.05, 3.63) is 94.8 Å². The number of benzene rings is 2. The second kappa shape index (κ2) is 10.2. The molecule has 1 aliphatic heterocycles. The Labute approximate surface area is 218 Å². The molecule has 192 valence electrons. The minimum Gasteiger partial charge on any atom is -0.507 e. The van der Waals surface area contributed by atoms with Crippen molar-refractivity contribution in [3.8, 4) is 5.75 Å². The van der Waals surface area contributed by atoms with E-state index in [4.69, 9.17) is 4.74 Å². The molecule has 2 aromatic carbocycles. The van der Waals surface area contributed by atoms with Gasteiger partial charge < -0.3 is 9.84 Å². The number of pyridine rings is 1. The first-order valence-corrected chi connectivity index (χ1v) is 12.6. The Hall–Kier alpha value is -3.93. The van der Waals surface area contributed by atoms with Crippen LogP contribution in [-0.2, 0) is 15.0 Å². The van der Waals surface area contributed by atoms with Gasteiger partial charge in [-0.3, -0.25) is 19.5 Å². The molecule has 0 saturated carbocycles. The molecule has 1 amide bonds. The molecule has 37 heavy (non-hydrogen) atoms. The van der Waals surface area contributed by atoms with E-state index in [9.17, 15) is 14.7 Å². The van der Waals surface area contributed by atoms with Crippen molar-refractivity contribution in [2.24, 2.45) is 0 Å². The average molecular weight is 499 g/mol. The molecule has 2 heterocycles. The van der Waals surface area contributed by atoms with E-state index in [1.807, 2.05) is 43.3 Å². The third-order valence-corrected chi connectivity index (χ3v) is 6.64. The molecule has 4 rings (SSSR count). The monoisotopic (exact) mass is 498 g/mol. The van der Waals surface area contributed by atoms with Crippen LogP contribution in [0.1, 0.15) is 75.8 Å². The van der Waals surface area contributed by atoms with Gasteiger partial charge in [-0.15, -0.1) is 0 Å². The molecule has 1 atom stereocenters. The summed E-state index contributed by atoms with van der Waals surface area (Å²) in [5, 5.41) is 11.6. The van der Waals surface area contributed by atoms with Gasteiger partial charge in [0.1, 0.15) is 11.5 Å². The van der Waals surface area contributed by atoms with Crippen molar-refractivity contribution in [2.45, 2.75) is 58.9 Å². The first kappa shape index (κ1) is 26.1. The molecule has 1 unspecified atom stereocenters. The maximum absolute atomic E-state index is 13.5. The number of ketones is 1. The molecule has 0 bridgehead atoms. The summed E-state index contributed by atoms with van der Waals surface area (Å²) in [6, 6.07) is 15.7. The van der Waals surface area contributed by atoms with Crippen LogP contribution in [0.2, 0.25) is 0 Å². The number of hydrogen-bond donors (Lipinski definition) is 1. The number of hydrogen-bond acceptors (Lipinski definition) is 5. The van der Waals surface area contributed by atoms with E-state index in [1.54, 1.807) is 30.6 Å². The van der Waals surface area contributed by atoms with Gasteiger partial charge in [-0.1, -0.05) is 52.8 Å². The highest BCUT2D eigenvalue weighted by molar-refractivity contribution is 6.51. The number of carbonyl (C=O) groups is 2. The van der Waals surface area contributed by atoms with Crippen LogP contribution < -0.4 is 9.64 Å². The summed E-state index contributed by atoms with van der Waals surface area (Å²) in [5.41, 5.74) is 3.47. The Morgan fingerprint density at radius 1 is 1.08 bits per heavy atom. The molecule has 0 aliphatic carbocycles. The van der Waals surface area contributed by atoms with E-state index in [0.29, 0.717) is 29.3 Å². The van der Waals surface area contributed by atoms with Crippen molar-refractivity contribution in [2.75, 3.05) is 11.5 Å². The first-order chi connectivity index (χ1) is 17.5. The van der Waals surface area contributed by atoms with E-state index in [2.05, 4.69) is 39.6 Å². The average Bonchev–Trinajstić information content (AvgIpc) is 3.14. The lowest BCUT2D eigenvalue weighted by molar-refractivity contribution is -0.132. The number of nitrogens with zero attached hydrogens (tertiary/aromatic N) is 2. The standard InChI is InChI=1S/C31H34N2O4/c1-7-37-25-15-12-21(17-24(25)31(4,5)6)28(34)26-27(22-9-8-16-32-18-22)33(30(36)29(26)35)23-13-10-20(11-14-23)19(2)3/h8-19,27,34H,7H2,1-6H3/b28-26-. The summed E-state index contributed by atoms with van der Waals surface area (Å²) in [6.45, 7) is 12.8. The van der Waals surface area contributed by atoms with Crippen molar-refractivity contribution >= 4 is 23.1 Å². The van der Waals surface area contributed by atoms with Gasteiger partial charge in [-0.25, -0.2) is 0 Å². The predicted octanol–water partition coefficient (Wildman–Crippen LogP) is 6.53. The zero-order valence-electron chi connectivity index (χ0n) is 22.3. The molecule has 6 nitrogen and oxygen atoms in total. The topological polar surface area (TPSA) is 79.7 Å². The highest BCUT2D eigenvalue weighted by Gasteiger charge is 2.47. The summed E-state index contributed by atoms with van der Waals surface area (Å²) >= 11 is 0. The van der Waals surface area contributed by atoms with Gasteiger partial charge in [-0.2, -0.15) is 0 Å². The Morgan fingerprint density at radius 3 is 2.35 bits per heavy atom. The third-order valence-electron chi connectivity index (χ3n) is 6.64. The highest BCUT2D eigenvalue weighted by Crippen LogP contribution is 2.43. The Balaban J connectivity index is 1.91. The maximum Gasteiger partial charge on any atom is 0.300 e. The van der Waals surface area contributed by atoms with Gasteiger partial charge in [-0.05, 0) is 65.8 Å². The Kier molecular flexibility index (Phi) is 7.21. The summed E-state index contributed by atoms with van der Waals surface area (Å²) in [7, 11) is 0. The summed E-state index contributed by atoms with van der Waals surface area (Å²) in [6.07, 6.45) is 3.26. The lowest BCUT2D eigenvalue weighted by Crippen LogP contribution is -2.29. The van der Waals surface area contributed by atoms with Crippen LogP contribution in [0.4, 0.5) is 5.69 Å². The molecular formula is C31H34N2O4. The number of amides is 1. The largest absolute Gasteiger partial charge is 0.507 e. The number of ether oxygens (including phenoxy) is 1. The maximum atomic E-state index is 13.5. The van der Waals surface area contributed by atoms with Gasteiger partial charge in [0.05, 0.1) is 18.2 Å². The van der Waals surface area contributed by atoms with Crippen LogP contribution in [-0.4, -0.2) is 28.4 Å². The Morgan fingerprint density at radius 2 is 1.78 bits per heavy atom. The number of aromatic nitrogens is 1. The van der Waals surface area contributed by atoms with E-state index < -0.39 is 17.7 Å². The third kappa shape index (κ3) is 5.01. The molecule has 0 radical (unpaired) electrons.